The van der Waals surface area contributed by atoms with Crippen molar-refractivity contribution in [1.82, 2.24) is 0 Å². The van der Waals surface area contributed by atoms with Crippen LogP contribution in [0, 0.1) is 29.4 Å². The monoisotopic (exact) mass is 346 g/mol. The van der Waals surface area contributed by atoms with E-state index < -0.39 is 11.6 Å². The maximum Gasteiger partial charge on any atom is 0.160 e. The largest absolute Gasteiger partial charge is 0.204 e. The summed E-state index contributed by atoms with van der Waals surface area (Å²) >= 11 is 0. The van der Waals surface area contributed by atoms with Crippen molar-refractivity contribution in [3.63, 3.8) is 0 Å². The SMILES string of the molecule is CC[C@@H]1CCc2c(ccc3ccccc23)[C@H]1C#Cc1ccc(F)c(F)c1. The van der Waals surface area contributed by atoms with Crippen LogP contribution in [0.3, 0.4) is 0 Å². The van der Waals surface area contributed by atoms with Gasteiger partial charge in [0.05, 0.1) is 0 Å². The van der Waals surface area contributed by atoms with Crippen LogP contribution in [0.2, 0.25) is 0 Å². The molecule has 1 aliphatic rings. The van der Waals surface area contributed by atoms with E-state index in [-0.39, 0.29) is 5.92 Å². The third-order valence-corrected chi connectivity index (χ3v) is 5.46. The van der Waals surface area contributed by atoms with Gasteiger partial charge in [-0.05, 0) is 58.9 Å². The van der Waals surface area contributed by atoms with Gasteiger partial charge in [0, 0.05) is 11.5 Å². The molecular weight excluding hydrogens is 326 g/mol. The van der Waals surface area contributed by atoms with Gasteiger partial charge in [0.2, 0.25) is 0 Å². The maximum absolute atomic E-state index is 13.5. The molecule has 3 aromatic carbocycles. The molecular formula is C24H20F2. The highest BCUT2D eigenvalue weighted by Crippen LogP contribution is 2.40. The second-order valence-corrected chi connectivity index (χ2v) is 6.94. The molecule has 0 unspecified atom stereocenters. The zero-order valence-corrected chi connectivity index (χ0v) is 14.7. The highest BCUT2D eigenvalue weighted by molar-refractivity contribution is 5.87. The first-order valence-corrected chi connectivity index (χ1v) is 9.14. The average molecular weight is 346 g/mol. The first-order chi connectivity index (χ1) is 12.7. The van der Waals surface area contributed by atoms with Gasteiger partial charge in [0.25, 0.3) is 0 Å². The summed E-state index contributed by atoms with van der Waals surface area (Å²) < 4.78 is 26.6. The summed E-state index contributed by atoms with van der Waals surface area (Å²) in [6.07, 6.45) is 3.23. The normalized spacial score (nSPS) is 18.9. The molecule has 2 heteroatoms. The summed E-state index contributed by atoms with van der Waals surface area (Å²) in [4.78, 5) is 0. The molecule has 0 heterocycles. The zero-order valence-electron chi connectivity index (χ0n) is 14.7. The molecule has 0 aliphatic heterocycles. The highest BCUT2D eigenvalue weighted by atomic mass is 19.2. The predicted octanol–water partition coefficient (Wildman–Crippen LogP) is 6.23. The fourth-order valence-electron chi connectivity index (χ4n) is 4.04. The van der Waals surface area contributed by atoms with Crippen LogP contribution in [0.1, 0.15) is 42.4 Å². The Morgan fingerprint density at radius 2 is 1.85 bits per heavy atom. The average Bonchev–Trinajstić information content (AvgIpc) is 2.68. The fourth-order valence-corrected chi connectivity index (χ4v) is 4.04. The Bertz CT molecular complexity index is 1020. The first kappa shape index (κ1) is 16.8. The van der Waals surface area contributed by atoms with Gasteiger partial charge in [0.1, 0.15) is 0 Å². The molecule has 0 amide bonds. The molecule has 26 heavy (non-hydrogen) atoms. The quantitative estimate of drug-likeness (QED) is 0.458. The van der Waals surface area contributed by atoms with Crippen LogP contribution in [0.25, 0.3) is 10.8 Å². The third kappa shape index (κ3) is 2.99. The second kappa shape index (κ2) is 6.92. The van der Waals surface area contributed by atoms with Gasteiger partial charge in [0.15, 0.2) is 11.6 Å². The molecule has 0 bridgehead atoms. The molecule has 4 rings (SSSR count). The van der Waals surface area contributed by atoms with Gasteiger partial charge in [-0.2, -0.15) is 0 Å². The lowest BCUT2D eigenvalue weighted by atomic mass is 9.73. The van der Waals surface area contributed by atoms with E-state index in [4.69, 9.17) is 0 Å². The molecule has 0 radical (unpaired) electrons. The summed E-state index contributed by atoms with van der Waals surface area (Å²) in [6, 6.07) is 16.7. The van der Waals surface area contributed by atoms with E-state index in [0.29, 0.717) is 11.5 Å². The molecule has 3 aromatic rings. The van der Waals surface area contributed by atoms with Gasteiger partial charge in [-0.3, -0.25) is 0 Å². The molecule has 0 saturated heterocycles. The Labute approximate surface area is 152 Å². The molecule has 0 aromatic heterocycles. The lowest BCUT2D eigenvalue weighted by Crippen LogP contribution is -2.19. The minimum Gasteiger partial charge on any atom is -0.204 e. The number of halogens is 2. The van der Waals surface area contributed by atoms with Crippen molar-refractivity contribution in [2.75, 3.05) is 0 Å². The summed E-state index contributed by atoms with van der Waals surface area (Å²) in [7, 11) is 0. The van der Waals surface area contributed by atoms with E-state index in [1.807, 2.05) is 0 Å². The van der Waals surface area contributed by atoms with Crippen molar-refractivity contribution in [2.24, 2.45) is 5.92 Å². The van der Waals surface area contributed by atoms with Gasteiger partial charge >= 0.3 is 0 Å². The number of hydrogen-bond donors (Lipinski definition) is 0. The van der Waals surface area contributed by atoms with Crippen molar-refractivity contribution in [3.05, 3.63) is 82.9 Å². The molecule has 0 nitrogen and oxygen atoms in total. The summed E-state index contributed by atoms with van der Waals surface area (Å²) in [5.74, 6) is 5.38. The van der Waals surface area contributed by atoms with Crippen LogP contribution in [-0.4, -0.2) is 0 Å². The van der Waals surface area contributed by atoms with Gasteiger partial charge in [-0.15, -0.1) is 0 Å². The molecule has 2 atom stereocenters. The van der Waals surface area contributed by atoms with Crippen molar-refractivity contribution in [2.45, 2.75) is 32.1 Å². The highest BCUT2D eigenvalue weighted by Gasteiger charge is 2.28. The Kier molecular flexibility index (Phi) is 4.47. The molecule has 0 spiro atoms. The minimum atomic E-state index is -0.848. The third-order valence-electron chi connectivity index (χ3n) is 5.46. The van der Waals surface area contributed by atoms with Crippen molar-refractivity contribution in [1.29, 1.82) is 0 Å². The van der Waals surface area contributed by atoms with Crippen LogP contribution in [0.15, 0.2) is 54.6 Å². The molecule has 0 saturated carbocycles. The zero-order chi connectivity index (χ0) is 18.1. The molecule has 0 N–H and O–H groups in total. The smallest absolute Gasteiger partial charge is 0.160 e. The van der Waals surface area contributed by atoms with Gasteiger partial charge in [-0.25, -0.2) is 8.78 Å². The number of benzene rings is 3. The molecule has 1 aliphatic carbocycles. The summed E-state index contributed by atoms with van der Waals surface area (Å²) in [5.41, 5.74) is 3.20. The minimum absolute atomic E-state index is 0.126. The van der Waals surface area contributed by atoms with Crippen molar-refractivity contribution < 1.29 is 8.78 Å². The van der Waals surface area contributed by atoms with Crippen LogP contribution < -0.4 is 0 Å². The maximum atomic E-state index is 13.5. The fraction of sp³-hybridized carbons (Fsp3) is 0.250. The van der Waals surface area contributed by atoms with Gasteiger partial charge < -0.3 is 0 Å². The van der Waals surface area contributed by atoms with E-state index in [0.717, 1.165) is 25.3 Å². The van der Waals surface area contributed by atoms with Crippen LogP contribution >= 0.6 is 0 Å². The summed E-state index contributed by atoms with van der Waals surface area (Å²) in [5, 5.41) is 2.56. The first-order valence-electron chi connectivity index (χ1n) is 9.14. The van der Waals surface area contributed by atoms with E-state index in [2.05, 4.69) is 55.2 Å². The molecule has 0 fully saturated rings. The van der Waals surface area contributed by atoms with Crippen LogP contribution in [-0.2, 0) is 6.42 Å². The Balaban J connectivity index is 1.79. The number of fused-ring (bicyclic) bond motifs is 3. The second-order valence-electron chi connectivity index (χ2n) is 6.94. The number of aryl methyl sites for hydroxylation is 1. The van der Waals surface area contributed by atoms with E-state index in [1.165, 1.54) is 34.0 Å². The topological polar surface area (TPSA) is 0 Å². The number of rotatable bonds is 1. The van der Waals surface area contributed by atoms with Crippen molar-refractivity contribution in [3.8, 4) is 11.8 Å². The van der Waals surface area contributed by atoms with Crippen LogP contribution in [0.5, 0.6) is 0 Å². The standard InChI is InChI=1S/C24H20F2/c1-2-17-9-12-21-19-6-4-3-5-18(19)10-13-22(21)20(17)11-7-16-8-14-23(25)24(26)15-16/h3-6,8,10,13-15,17,20H,2,9,12H2,1H3/t17-,20+/m1/s1. The van der Waals surface area contributed by atoms with E-state index >= 15 is 0 Å². The van der Waals surface area contributed by atoms with Gasteiger partial charge in [-0.1, -0.05) is 61.6 Å². The Morgan fingerprint density at radius 3 is 2.65 bits per heavy atom. The Hall–Kier alpha value is -2.66. The molecule has 130 valence electrons. The Morgan fingerprint density at radius 1 is 1.00 bits per heavy atom. The lowest BCUT2D eigenvalue weighted by molar-refractivity contribution is 0.414. The summed E-state index contributed by atoms with van der Waals surface area (Å²) in [6.45, 7) is 2.20. The van der Waals surface area contributed by atoms with E-state index in [1.54, 1.807) is 0 Å². The van der Waals surface area contributed by atoms with Crippen molar-refractivity contribution >= 4 is 10.8 Å². The predicted molar refractivity (Wildman–Crippen MR) is 102 cm³/mol. The number of hydrogen-bond acceptors (Lipinski definition) is 0. The van der Waals surface area contributed by atoms with Crippen LogP contribution in [0.4, 0.5) is 8.78 Å². The lowest BCUT2D eigenvalue weighted by Gasteiger charge is -2.30. The van der Waals surface area contributed by atoms with E-state index in [9.17, 15) is 8.78 Å².